The van der Waals surface area contributed by atoms with Crippen LogP contribution in [0.5, 0.6) is 0 Å². The second-order valence-electron chi connectivity index (χ2n) is 15.1. The Labute approximate surface area is 423 Å². The number of aliphatic hydroxyl groups excluding tert-OH is 14. The Balaban J connectivity index is 0. The third kappa shape index (κ3) is 16.2. The number of hydrogen-bond donors (Lipinski definition) is 16. The molecule has 4 heterocycles. The number of aryl methyl sites for hydroxylation is 2. The van der Waals surface area contributed by atoms with Gasteiger partial charge in [-0.25, -0.2) is 0 Å². The van der Waals surface area contributed by atoms with Crippen molar-refractivity contribution >= 4 is 92.3 Å². The quantitative estimate of drug-likeness (QED) is 0.0944. The Kier molecular flexibility index (Phi) is 31.6. The van der Waals surface area contributed by atoms with Gasteiger partial charge in [-0.2, -0.15) is 81.0 Å². The van der Waals surface area contributed by atoms with E-state index < -0.39 is 149 Å². The zero-order valence-corrected chi connectivity index (χ0v) is 41.7. The average Bonchev–Trinajstić information content (AvgIpc) is 3.24. The SMILES string of the molecule is Cc1ccc(NC2O[C@H](CO)C(OC3O[C@H](CO)[C@@H](O)C(O)[C@H]3O)[C@H](O)[C@H]2O)cc1.Cc1ccc(NC2O[C@H](CO)C(O[C@@H]3O[C@H](CO)C(O)C(O)[C@H]3O)[C@H](O)[C@H]2O)cc1.S.S.S.S.S.S. The maximum atomic E-state index is 10.6. The molecule has 20 atom stereocenters. The maximum Gasteiger partial charge on any atom is 0.187 e. The highest BCUT2D eigenvalue weighted by atomic mass is 32.1. The molecule has 0 aliphatic carbocycles. The minimum atomic E-state index is -1.70. The van der Waals surface area contributed by atoms with Gasteiger partial charge in [0.1, 0.15) is 97.7 Å². The normalized spacial score (nSPS) is 38.3. The molecule has 0 bridgehead atoms. The summed E-state index contributed by atoms with van der Waals surface area (Å²) in [6.07, 6.45) is -28.4. The predicted molar refractivity (Wildman–Crippen MR) is 265 cm³/mol. The van der Waals surface area contributed by atoms with Crippen LogP contribution in [0.25, 0.3) is 0 Å². The molecule has 22 nitrogen and oxygen atoms in total. The zero-order valence-electron chi connectivity index (χ0n) is 35.7. The van der Waals surface area contributed by atoms with Crippen molar-refractivity contribution in [2.24, 2.45) is 0 Å². The summed E-state index contributed by atoms with van der Waals surface area (Å²) in [6, 6.07) is 14.5. The fourth-order valence-corrected chi connectivity index (χ4v) is 7.05. The highest BCUT2D eigenvalue weighted by Gasteiger charge is 2.52. The lowest BCUT2D eigenvalue weighted by Crippen LogP contribution is -2.65. The fourth-order valence-electron chi connectivity index (χ4n) is 7.05. The van der Waals surface area contributed by atoms with Crippen molar-refractivity contribution in [3.63, 3.8) is 0 Å². The van der Waals surface area contributed by atoms with Crippen LogP contribution in [0, 0.1) is 13.8 Å². The van der Waals surface area contributed by atoms with Crippen LogP contribution in [0.1, 0.15) is 11.1 Å². The van der Waals surface area contributed by atoms with Crippen molar-refractivity contribution in [3.8, 4) is 0 Å². The number of nitrogens with one attached hydrogen (secondary N) is 2. The fraction of sp³-hybridized carbons (Fsp3) is 0.684. The first-order chi connectivity index (χ1) is 28.5. The molecular weight excluding hydrogens is 997 g/mol. The van der Waals surface area contributed by atoms with Gasteiger partial charge >= 0.3 is 0 Å². The van der Waals surface area contributed by atoms with Gasteiger partial charge in [-0.05, 0) is 38.1 Å². The highest BCUT2D eigenvalue weighted by molar-refractivity contribution is 7.60. The van der Waals surface area contributed by atoms with E-state index in [0.717, 1.165) is 11.1 Å². The molecule has 0 saturated carbocycles. The number of rotatable bonds is 12. The molecule has 2 aromatic carbocycles. The lowest BCUT2D eigenvalue weighted by molar-refractivity contribution is -0.340. The summed E-state index contributed by atoms with van der Waals surface area (Å²) in [6.45, 7) is 1.37. The first-order valence-electron chi connectivity index (χ1n) is 19.4. The second-order valence-corrected chi connectivity index (χ2v) is 15.1. The summed E-state index contributed by atoms with van der Waals surface area (Å²) in [7, 11) is 0. The van der Waals surface area contributed by atoms with Crippen LogP contribution in [0.4, 0.5) is 11.4 Å². The number of anilines is 2. The van der Waals surface area contributed by atoms with Crippen molar-refractivity contribution in [3.05, 3.63) is 59.7 Å². The minimum absolute atomic E-state index is 0. The first kappa shape index (κ1) is 67.4. The smallest absolute Gasteiger partial charge is 0.187 e. The Morgan fingerprint density at radius 3 is 0.939 bits per heavy atom. The van der Waals surface area contributed by atoms with Gasteiger partial charge in [0.15, 0.2) is 25.0 Å². The van der Waals surface area contributed by atoms with Crippen molar-refractivity contribution in [1.82, 2.24) is 0 Å². The summed E-state index contributed by atoms with van der Waals surface area (Å²) in [5.74, 6) is 0. The van der Waals surface area contributed by atoms with E-state index in [-0.39, 0.29) is 81.0 Å². The summed E-state index contributed by atoms with van der Waals surface area (Å²) >= 11 is 0. The highest BCUT2D eigenvalue weighted by Crippen LogP contribution is 2.32. The number of aliphatic hydroxyl groups is 14. The van der Waals surface area contributed by atoms with Crippen LogP contribution in [0.3, 0.4) is 0 Å². The molecule has 2 aromatic rings. The van der Waals surface area contributed by atoms with Crippen LogP contribution >= 0.6 is 81.0 Å². The molecule has 388 valence electrons. The van der Waals surface area contributed by atoms with Gasteiger partial charge in [-0.1, -0.05) is 35.4 Å². The molecule has 0 amide bonds. The molecular formula is C38H70N2O20S6. The van der Waals surface area contributed by atoms with E-state index in [9.17, 15) is 71.5 Å². The monoisotopic (exact) mass is 1070 g/mol. The van der Waals surface area contributed by atoms with Crippen LogP contribution in [-0.2, 0) is 28.4 Å². The standard InChI is InChI=1S/2C19H29NO10.6H2S/c2*1-8-2-4-9(5-3-8)20-18-15(26)14(25)17(11(7-22)28-18)30-19-16(27)13(24)12(23)10(6-21)29-19;;;;;;/h2*2-5,10-27H,6-7H2,1H3;6*1H2/t10-,11-,12?,13?,14-,15-,16-,17?,18?,19+;10-,11-,12-,13?,14-,15-,16-,17?,18?,19?;;;;;;/m11....../s1. The van der Waals surface area contributed by atoms with Gasteiger partial charge < -0.3 is 111 Å². The van der Waals surface area contributed by atoms with Crippen molar-refractivity contribution in [1.29, 1.82) is 0 Å². The molecule has 16 N–H and O–H groups in total. The molecule has 4 aliphatic heterocycles. The number of hydrogen-bond acceptors (Lipinski definition) is 22. The van der Waals surface area contributed by atoms with E-state index >= 15 is 0 Å². The molecule has 6 rings (SSSR count). The first-order valence-corrected chi connectivity index (χ1v) is 19.4. The van der Waals surface area contributed by atoms with E-state index in [2.05, 4.69) is 10.6 Å². The van der Waals surface area contributed by atoms with E-state index in [1.165, 1.54) is 0 Å². The van der Waals surface area contributed by atoms with Crippen LogP contribution in [-0.4, -0.2) is 221 Å². The topological polar surface area (TPSA) is 363 Å². The molecule has 0 spiro atoms. The summed E-state index contributed by atoms with van der Waals surface area (Å²) in [5, 5.41) is 146. The molecule has 4 fully saturated rings. The Bertz CT molecular complexity index is 1490. The minimum Gasteiger partial charge on any atom is -0.394 e. The van der Waals surface area contributed by atoms with Crippen molar-refractivity contribution in [2.75, 3.05) is 37.1 Å². The van der Waals surface area contributed by atoms with Gasteiger partial charge in [0.2, 0.25) is 0 Å². The maximum absolute atomic E-state index is 10.6. The summed E-state index contributed by atoms with van der Waals surface area (Å²) < 4.78 is 32.9. The molecule has 66 heavy (non-hydrogen) atoms. The predicted octanol–water partition coefficient (Wildman–Crippen LogP) is -5.26. The van der Waals surface area contributed by atoms with E-state index in [1.807, 2.05) is 38.1 Å². The Morgan fingerprint density at radius 1 is 0.379 bits per heavy atom. The van der Waals surface area contributed by atoms with Crippen LogP contribution in [0.2, 0.25) is 0 Å². The molecule has 4 saturated heterocycles. The van der Waals surface area contributed by atoms with Gasteiger partial charge in [-0.3, -0.25) is 0 Å². The van der Waals surface area contributed by atoms with Crippen molar-refractivity contribution < 1.29 is 99.9 Å². The Morgan fingerprint density at radius 2 is 0.667 bits per heavy atom. The van der Waals surface area contributed by atoms with Crippen molar-refractivity contribution in [2.45, 2.75) is 137 Å². The largest absolute Gasteiger partial charge is 0.394 e. The number of ether oxygens (including phenoxy) is 6. The van der Waals surface area contributed by atoms with Crippen LogP contribution < -0.4 is 10.6 Å². The lowest BCUT2D eigenvalue weighted by atomic mass is 9.96. The second kappa shape index (κ2) is 30.9. The molecule has 0 aromatic heterocycles. The van der Waals surface area contributed by atoms with Gasteiger partial charge in [0.25, 0.3) is 0 Å². The van der Waals surface area contributed by atoms with E-state index in [0.29, 0.717) is 11.4 Å². The van der Waals surface area contributed by atoms with E-state index in [4.69, 9.17) is 28.4 Å². The van der Waals surface area contributed by atoms with Gasteiger partial charge in [-0.15, -0.1) is 0 Å². The summed E-state index contributed by atoms with van der Waals surface area (Å²) in [4.78, 5) is 0. The van der Waals surface area contributed by atoms with Gasteiger partial charge in [0.05, 0.1) is 26.4 Å². The van der Waals surface area contributed by atoms with E-state index in [1.54, 1.807) is 24.3 Å². The molecule has 4 aliphatic rings. The number of benzene rings is 2. The third-order valence-corrected chi connectivity index (χ3v) is 10.7. The lowest BCUT2D eigenvalue weighted by Gasteiger charge is -2.46. The van der Waals surface area contributed by atoms with Gasteiger partial charge in [0, 0.05) is 11.4 Å². The third-order valence-electron chi connectivity index (χ3n) is 10.7. The summed E-state index contributed by atoms with van der Waals surface area (Å²) in [5.41, 5.74) is 3.32. The zero-order chi connectivity index (χ0) is 44.0. The Hall–Kier alpha value is -0.660. The molecule has 0 radical (unpaired) electrons. The molecule has 28 heteroatoms. The molecule has 8 unspecified atom stereocenters. The van der Waals surface area contributed by atoms with Crippen LogP contribution in [0.15, 0.2) is 48.5 Å². The average molecular weight is 1070 g/mol.